The van der Waals surface area contributed by atoms with Gasteiger partial charge in [0.2, 0.25) is 0 Å². The highest BCUT2D eigenvalue weighted by molar-refractivity contribution is 5.84. The molecule has 13 heavy (non-hydrogen) atoms. The van der Waals surface area contributed by atoms with Crippen molar-refractivity contribution >= 4 is 5.71 Å². The van der Waals surface area contributed by atoms with Gasteiger partial charge < -0.3 is 5.43 Å². The third kappa shape index (κ3) is 4.71. The molecule has 1 saturated carbocycles. The molecule has 74 valence electrons. The summed E-state index contributed by atoms with van der Waals surface area (Å²) in [5.74, 6) is 0. The van der Waals surface area contributed by atoms with Crippen LogP contribution in [-0.2, 0) is 0 Å². The molecule has 0 radical (unpaired) electrons. The SMILES string of the molecule is C=CCNN=C1CCCCCCC1. The highest BCUT2D eigenvalue weighted by Crippen LogP contribution is 2.14. The highest BCUT2D eigenvalue weighted by Gasteiger charge is 2.03. The summed E-state index contributed by atoms with van der Waals surface area (Å²) < 4.78 is 0. The molecule has 1 N–H and O–H groups in total. The van der Waals surface area contributed by atoms with E-state index in [4.69, 9.17) is 0 Å². The van der Waals surface area contributed by atoms with E-state index in [1.165, 1.54) is 50.7 Å². The van der Waals surface area contributed by atoms with Gasteiger partial charge in [0.05, 0.1) is 6.54 Å². The molecule has 0 aromatic rings. The Hall–Kier alpha value is -0.790. The first-order chi connectivity index (χ1) is 6.43. The molecule has 2 heteroatoms. The van der Waals surface area contributed by atoms with Crippen molar-refractivity contribution in [3.63, 3.8) is 0 Å². The molecule has 0 saturated heterocycles. The van der Waals surface area contributed by atoms with E-state index in [1.807, 2.05) is 6.08 Å². The Balaban J connectivity index is 2.27. The normalized spacial score (nSPS) is 18.6. The van der Waals surface area contributed by atoms with Crippen LogP contribution in [0.2, 0.25) is 0 Å². The Morgan fingerprint density at radius 1 is 1.15 bits per heavy atom. The molecule has 0 aromatic carbocycles. The second-order valence-corrected chi connectivity index (χ2v) is 3.60. The van der Waals surface area contributed by atoms with E-state index >= 15 is 0 Å². The zero-order valence-electron chi connectivity index (χ0n) is 8.39. The molecule has 0 spiro atoms. The first-order valence-corrected chi connectivity index (χ1v) is 5.32. The van der Waals surface area contributed by atoms with Crippen molar-refractivity contribution in [2.75, 3.05) is 6.54 Å². The fourth-order valence-corrected chi connectivity index (χ4v) is 1.65. The van der Waals surface area contributed by atoms with Crippen LogP contribution in [0.1, 0.15) is 44.9 Å². The molecule has 0 aromatic heterocycles. The fraction of sp³-hybridized carbons (Fsp3) is 0.727. The van der Waals surface area contributed by atoms with Crippen molar-refractivity contribution in [2.45, 2.75) is 44.9 Å². The lowest BCUT2D eigenvalue weighted by Gasteiger charge is -2.10. The Labute approximate surface area is 81.1 Å². The van der Waals surface area contributed by atoms with Gasteiger partial charge in [0, 0.05) is 5.71 Å². The Morgan fingerprint density at radius 2 is 1.77 bits per heavy atom. The lowest BCUT2D eigenvalue weighted by molar-refractivity contribution is 0.602. The Morgan fingerprint density at radius 3 is 2.38 bits per heavy atom. The van der Waals surface area contributed by atoms with Crippen LogP contribution in [0.3, 0.4) is 0 Å². The summed E-state index contributed by atoms with van der Waals surface area (Å²) in [4.78, 5) is 0. The summed E-state index contributed by atoms with van der Waals surface area (Å²) in [6.45, 7) is 4.43. The summed E-state index contributed by atoms with van der Waals surface area (Å²) in [5, 5.41) is 4.37. The molecule has 0 unspecified atom stereocenters. The zero-order chi connectivity index (χ0) is 9.36. The molecule has 0 heterocycles. The summed E-state index contributed by atoms with van der Waals surface area (Å²) >= 11 is 0. The second kappa shape index (κ2) is 6.70. The third-order valence-electron chi connectivity index (χ3n) is 2.40. The molecule has 0 atom stereocenters. The van der Waals surface area contributed by atoms with Crippen LogP contribution >= 0.6 is 0 Å². The summed E-state index contributed by atoms with van der Waals surface area (Å²) in [6, 6.07) is 0. The quantitative estimate of drug-likeness (QED) is 0.403. The van der Waals surface area contributed by atoms with E-state index in [1.54, 1.807) is 0 Å². The molecule has 1 aliphatic rings. The predicted octanol–water partition coefficient (Wildman–Crippen LogP) is 2.86. The number of rotatable bonds is 3. The van der Waals surface area contributed by atoms with Crippen LogP contribution in [0.4, 0.5) is 0 Å². The van der Waals surface area contributed by atoms with Gasteiger partial charge in [-0.3, -0.25) is 0 Å². The molecular formula is C11H20N2. The summed E-state index contributed by atoms with van der Waals surface area (Å²) in [7, 11) is 0. The first kappa shape index (κ1) is 10.3. The Kier molecular flexibility index (Phi) is 5.30. The molecule has 0 amide bonds. The molecule has 0 bridgehead atoms. The molecule has 1 aliphatic carbocycles. The van der Waals surface area contributed by atoms with Gasteiger partial charge in [-0.1, -0.05) is 25.3 Å². The van der Waals surface area contributed by atoms with Gasteiger partial charge in [0.1, 0.15) is 0 Å². The maximum Gasteiger partial charge on any atom is 0.0507 e. The monoisotopic (exact) mass is 180 g/mol. The first-order valence-electron chi connectivity index (χ1n) is 5.32. The van der Waals surface area contributed by atoms with E-state index in [2.05, 4.69) is 17.1 Å². The van der Waals surface area contributed by atoms with Crippen LogP contribution in [0, 0.1) is 0 Å². The summed E-state index contributed by atoms with van der Waals surface area (Å²) in [6.07, 6.45) is 11.0. The van der Waals surface area contributed by atoms with E-state index in [0.717, 1.165) is 6.54 Å². The van der Waals surface area contributed by atoms with Gasteiger partial charge in [-0.15, -0.1) is 6.58 Å². The number of hydrogen-bond acceptors (Lipinski definition) is 2. The highest BCUT2D eigenvalue weighted by atomic mass is 15.3. The molecule has 0 aliphatic heterocycles. The minimum atomic E-state index is 0.781. The van der Waals surface area contributed by atoms with Gasteiger partial charge in [-0.05, 0) is 25.7 Å². The second-order valence-electron chi connectivity index (χ2n) is 3.60. The van der Waals surface area contributed by atoms with Crippen LogP contribution < -0.4 is 5.43 Å². The number of hydrazone groups is 1. The average molecular weight is 180 g/mol. The van der Waals surface area contributed by atoms with Crippen molar-refractivity contribution in [3.05, 3.63) is 12.7 Å². The predicted molar refractivity (Wildman–Crippen MR) is 58.0 cm³/mol. The maximum atomic E-state index is 4.37. The molecule has 2 nitrogen and oxygen atoms in total. The minimum absolute atomic E-state index is 0.781. The van der Waals surface area contributed by atoms with E-state index in [0.29, 0.717) is 0 Å². The van der Waals surface area contributed by atoms with Crippen molar-refractivity contribution in [1.82, 2.24) is 5.43 Å². The van der Waals surface area contributed by atoms with Crippen LogP contribution in [0.15, 0.2) is 17.8 Å². The smallest absolute Gasteiger partial charge is 0.0507 e. The maximum absolute atomic E-state index is 4.37. The van der Waals surface area contributed by atoms with Crippen LogP contribution in [0.5, 0.6) is 0 Å². The molecule has 1 rings (SSSR count). The largest absolute Gasteiger partial charge is 0.306 e. The van der Waals surface area contributed by atoms with Crippen molar-refractivity contribution < 1.29 is 0 Å². The number of hydrogen-bond donors (Lipinski definition) is 1. The van der Waals surface area contributed by atoms with E-state index < -0.39 is 0 Å². The van der Waals surface area contributed by atoms with Crippen LogP contribution in [0.25, 0.3) is 0 Å². The average Bonchev–Trinajstić information content (AvgIpc) is 2.08. The van der Waals surface area contributed by atoms with E-state index in [-0.39, 0.29) is 0 Å². The number of nitrogens with one attached hydrogen (secondary N) is 1. The van der Waals surface area contributed by atoms with Gasteiger partial charge in [-0.2, -0.15) is 5.10 Å². The lowest BCUT2D eigenvalue weighted by atomic mass is 9.99. The standard InChI is InChI=1S/C11H20N2/c1-2-10-12-13-11-8-6-4-3-5-7-9-11/h2,12H,1,3-10H2. The molecular weight excluding hydrogens is 160 g/mol. The zero-order valence-corrected chi connectivity index (χ0v) is 8.39. The van der Waals surface area contributed by atoms with Gasteiger partial charge >= 0.3 is 0 Å². The van der Waals surface area contributed by atoms with Crippen molar-refractivity contribution in [3.8, 4) is 0 Å². The van der Waals surface area contributed by atoms with Crippen molar-refractivity contribution in [1.29, 1.82) is 0 Å². The van der Waals surface area contributed by atoms with E-state index in [9.17, 15) is 0 Å². The third-order valence-corrected chi connectivity index (χ3v) is 2.40. The summed E-state index contributed by atoms with van der Waals surface area (Å²) in [5.41, 5.74) is 4.37. The lowest BCUT2D eigenvalue weighted by Crippen LogP contribution is -2.11. The van der Waals surface area contributed by atoms with Gasteiger partial charge in [0.15, 0.2) is 0 Å². The van der Waals surface area contributed by atoms with Gasteiger partial charge in [0.25, 0.3) is 0 Å². The minimum Gasteiger partial charge on any atom is -0.306 e. The van der Waals surface area contributed by atoms with Gasteiger partial charge in [-0.25, -0.2) is 0 Å². The Bertz CT molecular complexity index is 163. The topological polar surface area (TPSA) is 24.4 Å². The fourth-order valence-electron chi connectivity index (χ4n) is 1.65. The van der Waals surface area contributed by atoms with Crippen LogP contribution in [-0.4, -0.2) is 12.3 Å². The molecule has 1 fully saturated rings. The number of nitrogens with zero attached hydrogens (tertiary/aromatic N) is 1. The van der Waals surface area contributed by atoms with Crippen molar-refractivity contribution in [2.24, 2.45) is 5.10 Å².